The summed E-state index contributed by atoms with van der Waals surface area (Å²) in [5, 5.41) is 0. The van der Waals surface area contributed by atoms with Gasteiger partial charge in [0.05, 0.1) is 21.9 Å². The van der Waals surface area contributed by atoms with Gasteiger partial charge in [0, 0.05) is 6.54 Å². The molecule has 0 N–H and O–H groups in total. The summed E-state index contributed by atoms with van der Waals surface area (Å²) in [6.07, 6.45) is 7.02. The largest absolute Gasteiger partial charge is 0.270 e. The molecule has 5 nitrogen and oxygen atoms in total. The minimum Gasteiger partial charge on any atom is -0.270 e. The third kappa shape index (κ3) is 5.54. The van der Waals surface area contributed by atoms with Crippen molar-refractivity contribution in [3.8, 4) is 0 Å². The molecule has 0 aromatic heterocycles. The summed E-state index contributed by atoms with van der Waals surface area (Å²) >= 11 is 0. The SMILES string of the molecule is CC(C)(C)S(=O)(=O)CC1CCC(CCc2ccc(N3CCCS3(=O)=O)cc2)CC1. The van der Waals surface area contributed by atoms with Crippen LogP contribution in [0.15, 0.2) is 24.3 Å². The Balaban J connectivity index is 1.46. The van der Waals surface area contributed by atoms with Crippen LogP contribution in [0.2, 0.25) is 0 Å². The van der Waals surface area contributed by atoms with Crippen molar-refractivity contribution in [3.63, 3.8) is 0 Å². The molecule has 1 aliphatic carbocycles. The molecular formula is C22H35NO4S2. The molecule has 1 aliphatic heterocycles. The van der Waals surface area contributed by atoms with Gasteiger partial charge in [0.2, 0.25) is 10.0 Å². The molecule has 0 bridgehead atoms. The summed E-state index contributed by atoms with van der Waals surface area (Å²) in [5.41, 5.74) is 2.01. The van der Waals surface area contributed by atoms with E-state index in [0.29, 0.717) is 30.6 Å². The Morgan fingerprint density at radius 3 is 2.10 bits per heavy atom. The van der Waals surface area contributed by atoms with Crippen molar-refractivity contribution >= 4 is 25.5 Å². The lowest BCUT2D eigenvalue weighted by atomic mass is 9.80. The lowest BCUT2D eigenvalue weighted by Crippen LogP contribution is -2.34. The number of sulfonamides is 1. The Bertz CT molecular complexity index is 891. The fourth-order valence-electron chi connectivity index (χ4n) is 4.38. The number of aryl methyl sites for hydroxylation is 1. The van der Waals surface area contributed by atoms with Gasteiger partial charge in [0.1, 0.15) is 0 Å². The Kier molecular flexibility index (Phi) is 6.68. The van der Waals surface area contributed by atoms with Crippen LogP contribution in [-0.2, 0) is 26.3 Å². The molecule has 0 amide bonds. The zero-order chi connectivity index (χ0) is 21.3. The van der Waals surface area contributed by atoms with Gasteiger partial charge in [0.25, 0.3) is 0 Å². The van der Waals surface area contributed by atoms with Gasteiger partial charge >= 0.3 is 0 Å². The Morgan fingerprint density at radius 1 is 1.00 bits per heavy atom. The molecule has 1 aromatic rings. The summed E-state index contributed by atoms with van der Waals surface area (Å²) in [5.74, 6) is 1.53. The molecule has 0 atom stereocenters. The predicted molar refractivity (Wildman–Crippen MR) is 120 cm³/mol. The van der Waals surface area contributed by atoms with E-state index in [-0.39, 0.29) is 5.75 Å². The second-order valence-corrected chi connectivity index (χ2v) is 14.5. The fourth-order valence-corrected chi connectivity index (χ4v) is 7.39. The number of sulfone groups is 1. The van der Waals surface area contributed by atoms with Crippen molar-refractivity contribution in [1.29, 1.82) is 0 Å². The summed E-state index contributed by atoms with van der Waals surface area (Å²) < 4.78 is 49.8. The highest BCUT2D eigenvalue weighted by atomic mass is 32.2. The zero-order valence-electron chi connectivity index (χ0n) is 17.9. The van der Waals surface area contributed by atoms with Crippen LogP contribution in [-0.4, -0.2) is 39.6 Å². The normalized spacial score (nSPS) is 25.3. The van der Waals surface area contributed by atoms with E-state index < -0.39 is 24.6 Å². The first-order chi connectivity index (χ1) is 13.5. The number of hydrogen-bond acceptors (Lipinski definition) is 4. The van der Waals surface area contributed by atoms with Crippen LogP contribution in [0.3, 0.4) is 0 Å². The van der Waals surface area contributed by atoms with Crippen molar-refractivity contribution in [2.75, 3.05) is 22.4 Å². The Labute approximate surface area is 176 Å². The van der Waals surface area contributed by atoms with Crippen molar-refractivity contribution in [2.45, 2.75) is 70.5 Å². The summed E-state index contributed by atoms with van der Waals surface area (Å²) in [7, 11) is -6.16. The third-order valence-electron chi connectivity index (χ3n) is 6.52. The van der Waals surface area contributed by atoms with Crippen molar-refractivity contribution in [1.82, 2.24) is 0 Å². The monoisotopic (exact) mass is 441 g/mol. The molecule has 29 heavy (non-hydrogen) atoms. The summed E-state index contributed by atoms with van der Waals surface area (Å²) in [4.78, 5) is 0. The minimum absolute atomic E-state index is 0.245. The van der Waals surface area contributed by atoms with Crippen LogP contribution >= 0.6 is 0 Å². The molecule has 7 heteroatoms. The zero-order valence-corrected chi connectivity index (χ0v) is 19.6. The highest BCUT2D eigenvalue weighted by molar-refractivity contribution is 7.93. The van der Waals surface area contributed by atoms with Crippen molar-refractivity contribution in [3.05, 3.63) is 29.8 Å². The van der Waals surface area contributed by atoms with Gasteiger partial charge in [-0.3, -0.25) is 4.31 Å². The minimum atomic E-state index is -3.12. The molecule has 0 radical (unpaired) electrons. The second kappa shape index (κ2) is 8.58. The molecular weight excluding hydrogens is 406 g/mol. The van der Waals surface area contributed by atoms with Crippen LogP contribution in [0.1, 0.15) is 64.9 Å². The molecule has 3 rings (SSSR count). The van der Waals surface area contributed by atoms with Gasteiger partial charge in [-0.1, -0.05) is 25.0 Å². The molecule has 1 aromatic carbocycles. The van der Waals surface area contributed by atoms with Crippen LogP contribution in [0.25, 0.3) is 0 Å². The number of anilines is 1. The topological polar surface area (TPSA) is 71.5 Å². The predicted octanol–water partition coefficient (Wildman–Crippen LogP) is 4.18. The lowest BCUT2D eigenvalue weighted by Gasteiger charge is -2.30. The first kappa shape index (κ1) is 22.6. The molecule has 2 aliphatic rings. The maximum absolute atomic E-state index is 12.4. The van der Waals surface area contributed by atoms with E-state index in [1.54, 1.807) is 20.8 Å². The van der Waals surface area contributed by atoms with E-state index in [4.69, 9.17) is 0 Å². The molecule has 1 saturated heterocycles. The molecule has 0 unspecified atom stereocenters. The average Bonchev–Trinajstić information content (AvgIpc) is 2.99. The van der Waals surface area contributed by atoms with Gasteiger partial charge in [-0.15, -0.1) is 0 Å². The lowest BCUT2D eigenvalue weighted by molar-refractivity contribution is 0.278. The molecule has 1 saturated carbocycles. The van der Waals surface area contributed by atoms with Gasteiger partial charge in [0.15, 0.2) is 9.84 Å². The second-order valence-electron chi connectivity index (χ2n) is 9.73. The van der Waals surface area contributed by atoms with Gasteiger partial charge in [-0.25, -0.2) is 16.8 Å². The average molecular weight is 442 g/mol. The van der Waals surface area contributed by atoms with Crippen LogP contribution in [0, 0.1) is 11.8 Å². The van der Waals surface area contributed by atoms with E-state index >= 15 is 0 Å². The van der Waals surface area contributed by atoms with Crippen LogP contribution in [0.5, 0.6) is 0 Å². The van der Waals surface area contributed by atoms with E-state index in [0.717, 1.165) is 44.2 Å². The van der Waals surface area contributed by atoms with Crippen LogP contribution < -0.4 is 4.31 Å². The number of nitrogens with zero attached hydrogens (tertiary/aromatic N) is 1. The first-order valence-corrected chi connectivity index (χ1v) is 14.1. The molecule has 2 fully saturated rings. The molecule has 0 spiro atoms. The standard InChI is InChI=1S/C22H35NO4S2/c1-22(2,3)28(24,25)17-20-9-7-18(8-10-20)5-6-19-11-13-21(14-12-19)23-15-4-16-29(23,26)27/h11-14,18,20H,4-10,15-17H2,1-3H3. The highest BCUT2D eigenvalue weighted by Crippen LogP contribution is 2.34. The van der Waals surface area contributed by atoms with E-state index in [2.05, 4.69) is 0 Å². The van der Waals surface area contributed by atoms with Gasteiger partial charge in [-0.2, -0.15) is 0 Å². The van der Waals surface area contributed by atoms with Crippen molar-refractivity contribution in [2.24, 2.45) is 11.8 Å². The van der Waals surface area contributed by atoms with E-state index in [1.165, 1.54) is 9.87 Å². The van der Waals surface area contributed by atoms with Crippen LogP contribution in [0.4, 0.5) is 5.69 Å². The van der Waals surface area contributed by atoms with E-state index in [1.807, 2.05) is 24.3 Å². The van der Waals surface area contributed by atoms with Crippen molar-refractivity contribution < 1.29 is 16.8 Å². The maximum atomic E-state index is 12.4. The van der Waals surface area contributed by atoms with E-state index in [9.17, 15) is 16.8 Å². The highest BCUT2D eigenvalue weighted by Gasteiger charge is 2.33. The third-order valence-corrected chi connectivity index (χ3v) is 11.2. The molecule has 164 valence electrons. The number of hydrogen-bond donors (Lipinski definition) is 0. The van der Waals surface area contributed by atoms with Gasteiger partial charge < -0.3 is 0 Å². The quantitative estimate of drug-likeness (QED) is 0.664. The summed E-state index contributed by atoms with van der Waals surface area (Å²) in [6, 6.07) is 7.94. The Hall–Kier alpha value is -1.08. The summed E-state index contributed by atoms with van der Waals surface area (Å²) in [6.45, 7) is 5.95. The number of rotatable bonds is 6. The number of benzene rings is 1. The maximum Gasteiger partial charge on any atom is 0.235 e. The Morgan fingerprint density at radius 2 is 1.59 bits per heavy atom. The van der Waals surface area contributed by atoms with Gasteiger partial charge in [-0.05, 0) is 82.4 Å². The first-order valence-electron chi connectivity index (χ1n) is 10.8. The smallest absolute Gasteiger partial charge is 0.235 e. The fraction of sp³-hybridized carbons (Fsp3) is 0.727. The molecule has 1 heterocycles.